The van der Waals surface area contributed by atoms with E-state index >= 15 is 0 Å². The first-order valence-electron chi connectivity index (χ1n) is 4.63. The largest absolute Gasteiger partial charge is 0.345 e. The maximum atomic E-state index is 4.48. The standard InChI is InChI=1S/C11H11BrN2S/c1-7-11(14-10(6-15)13-7)8-2-4-9(12)5-3-8/h2-5,15H,6H2,1H3,(H,13,14). The fraction of sp³-hybridized carbons (Fsp3) is 0.182. The highest BCUT2D eigenvalue weighted by Gasteiger charge is 2.07. The molecule has 2 rings (SSSR count). The lowest BCUT2D eigenvalue weighted by molar-refractivity contribution is 1.11. The van der Waals surface area contributed by atoms with Gasteiger partial charge in [0, 0.05) is 21.5 Å². The van der Waals surface area contributed by atoms with Crippen molar-refractivity contribution in [3.8, 4) is 11.3 Å². The van der Waals surface area contributed by atoms with Crippen molar-refractivity contribution in [3.63, 3.8) is 0 Å². The molecule has 0 bridgehead atoms. The summed E-state index contributed by atoms with van der Waals surface area (Å²) in [5.41, 5.74) is 3.22. The molecule has 0 saturated carbocycles. The highest BCUT2D eigenvalue weighted by atomic mass is 79.9. The third-order valence-corrected chi connectivity index (χ3v) is 3.03. The number of rotatable bonds is 2. The zero-order chi connectivity index (χ0) is 10.8. The Kier molecular flexibility index (Phi) is 3.17. The second-order valence-electron chi connectivity index (χ2n) is 3.32. The first kappa shape index (κ1) is 10.8. The minimum atomic E-state index is 0.636. The predicted molar refractivity (Wildman–Crippen MR) is 69.2 cm³/mol. The minimum Gasteiger partial charge on any atom is -0.345 e. The van der Waals surface area contributed by atoms with Crippen molar-refractivity contribution < 1.29 is 0 Å². The summed E-state index contributed by atoms with van der Waals surface area (Å²) in [6.45, 7) is 2.03. The minimum absolute atomic E-state index is 0.636. The Labute approximate surface area is 103 Å². The second kappa shape index (κ2) is 4.41. The highest BCUT2D eigenvalue weighted by molar-refractivity contribution is 9.10. The van der Waals surface area contributed by atoms with Crippen LogP contribution < -0.4 is 0 Å². The number of H-pyrrole nitrogens is 1. The number of nitrogens with one attached hydrogen (secondary N) is 1. The van der Waals surface area contributed by atoms with Gasteiger partial charge in [-0.05, 0) is 19.1 Å². The van der Waals surface area contributed by atoms with Crippen LogP contribution in [-0.2, 0) is 5.75 Å². The summed E-state index contributed by atoms with van der Waals surface area (Å²) in [6.07, 6.45) is 0. The Hall–Kier alpha value is -0.740. The van der Waals surface area contributed by atoms with Gasteiger partial charge in [-0.2, -0.15) is 12.6 Å². The predicted octanol–water partition coefficient (Wildman–Crippen LogP) is 3.58. The zero-order valence-electron chi connectivity index (χ0n) is 8.29. The van der Waals surface area contributed by atoms with Gasteiger partial charge in [0.1, 0.15) is 5.82 Å². The number of aromatic nitrogens is 2. The molecule has 0 fully saturated rings. The van der Waals surface area contributed by atoms with Gasteiger partial charge in [-0.15, -0.1) is 0 Å². The summed E-state index contributed by atoms with van der Waals surface area (Å²) in [5, 5.41) is 0. The molecule has 0 spiro atoms. The van der Waals surface area contributed by atoms with Crippen molar-refractivity contribution in [3.05, 3.63) is 40.3 Å². The first-order valence-corrected chi connectivity index (χ1v) is 6.05. The van der Waals surface area contributed by atoms with Gasteiger partial charge in [0.25, 0.3) is 0 Å². The molecule has 0 unspecified atom stereocenters. The molecular weight excluding hydrogens is 272 g/mol. The van der Waals surface area contributed by atoms with E-state index in [2.05, 4.69) is 50.7 Å². The summed E-state index contributed by atoms with van der Waals surface area (Å²) in [5.74, 6) is 1.55. The van der Waals surface area contributed by atoms with Gasteiger partial charge in [0.2, 0.25) is 0 Å². The number of benzene rings is 1. The molecule has 0 radical (unpaired) electrons. The number of hydrogen-bond donors (Lipinski definition) is 2. The Balaban J connectivity index is 2.44. The molecule has 0 amide bonds. The van der Waals surface area contributed by atoms with Gasteiger partial charge in [0.05, 0.1) is 5.69 Å². The molecule has 2 nitrogen and oxygen atoms in total. The lowest BCUT2D eigenvalue weighted by Crippen LogP contribution is -1.81. The van der Waals surface area contributed by atoms with E-state index in [9.17, 15) is 0 Å². The van der Waals surface area contributed by atoms with Crippen molar-refractivity contribution in [2.75, 3.05) is 0 Å². The average Bonchev–Trinajstić information content (AvgIpc) is 2.61. The fourth-order valence-corrected chi connectivity index (χ4v) is 1.90. The van der Waals surface area contributed by atoms with Crippen LogP contribution in [0.5, 0.6) is 0 Å². The third-order valence-electron chi connectivity index (χ3n) is 2.20. The lowest BCUT2D eigenvalue weighted by Gasteiger charge is -1.98. The van der Waals surface area contributed by atoms with E-state index in [0.717, 1.165) is 27.2 Å². The molecule has 1 heterocycles. The molecule has 78 valence electrons. The summed E-state index contributed by atoms with van der Waals surface area (Å²) in [4.78, 5) is 7.69. The van der Waals surface area contributed by atoms with Crippen molar-refractivity contribution in [1.29, 1.82) is 0 Å². The maximum absolute atomic E-state index is 4.48. The van der Waals surface area contributed by atoms with Crippen LogP contribution in [0.1, 0.15) is 11.5 Å². The van der Waals surface area contributed by atoms with Crippen LogP contribution >= 0.6 is 28.6 Å². The van der Waals surface area contributed by atoms with E-state index in [1.54, 1.807) is 0 Å². The number of nitrogens with zero attached hydrogens (tertiary/aromatic N) is 1. The van der Waals surface area contributed by atoms with Crippen molar-refractivity contribution in [2.24, 2.45) is 0 Å². The van der Waals surface area contributed by atoms with E-state index < -0.39 is 0 Å². The first-order chi connectivity index (χ1) is 7.20. The van der Waals surface area contributed by atoms with Crippen LogP contribution in [0.3, 0.4) is 0 Å². The van der Waals surface area contributed by atoms with E-state index in [1.165, 1.54) is 0 Å². The molecule has 4 heteroatoms. The molecule has 0 aliphatic rings. The SMILES string of the molecule is Cc1[nH]c(CS)nc1-c1ccc(Br)cc1. The monoisotopic (exact) mass is 282 g/mol. The summed E-state index contributed by atoms with van der Waals surface area (Å²) in [6, 6.07) is 8.14. The summed E-state index contributed by atoms with van der Waals surface area (Å²) in [7, 11) is 0. The van der Waals surface area contributed by atoms with E-state index in [4.69, 9.17) is 0 Å². The van der Waals surface area contributed by atoms with Gasteiger partial charge in [-0.25, -0.2) is 4.98 Å². The van der Waals surface area contributed by atoms with Crippen LogP contribution in [0, 0.1) is 6.92 Å². The Bertz CT molecular complexity index is 462. The van der Waals surface area contributed by atoms with Gasteiger partial charge in [0.15, 0.2) is 0 Å². The van der Waals surface area contributed by atoms with E-state index in [0.29, 0.717) is 5.75 Å². The van der Waals surface area contributed by atoms with Gasteiger partial charge >= 0.3 is 0 Å². The highest BCUT2D eigenvalue weighted by Crippen LogP contribution is 2.23. The van der Waals surface area contributed by atoms with Crippen LogP contribution in [-0.4, -0.2) is 9.97 Å². The molecule has 1 aromatic heterocycles. The number of aryl methyl sites for hydroxylation is 1. The fourth-order valence-electron chi connectivity index (χ4n) is 1.49. The Morgan fingerprint density at radius 1 is 1.33 bits per heavy atom. The Morgan fingerprint density at radius 2 is 2.00 bits per heavy atom. The molecule has 1 aromatic carbocycles. The third kappa shape index (κ3) is 2.26. The Morgan fingerprint density at radius 3 is 2.53 bits per heavy atom. The zero-order valence-corrected chi connectivity index (χ0v) is 10.8. The van der Waals surface area contributed by atoms with Crippen LogP contribution in [0.4, 0.5) is 0 Å². The summed E-state index contributed by atoms with van der Waals surface area (Å²) >= 11 is 7.61. The van der Waals surface area contributed by atoms with E-state index in [1.807, 2.05) is 19.1 Å². The van der Waals surface area contributed by atoms with Gasteiger partial charge < -0.3 is 4.98 Å². The normalized spacial score (nSPS) is 10.6. The summed E-state index contributed by atoms with van der Waals surface area (Å²) < 4.78 is 1.08. The smallest absolute Gasteiger partial charge is 0.116 e. The molecule has 0 atom stereocenters. The van der Waals surface area contributed by atoms with Crippen molar-refractivity contribution in [1.82, 2.24) is 9.97 Å². The van der Waals surface area contributed by atoms with Gasteiger partial charge in [-0.1, -0.05) is 28.1 Å². The maximum Gasteiger partial charge on any atom is 0.116 e. The van der Waals surface area contributed by atoms with Crippen LogP contribution in [0.15, 0.2) is 28.7 Å². The molecular formula is C11H11BrN2S. The van der Waals surface area contributed by atoms with Crippen molar-refractivity contribution in [2.45, 2.75) is 12.7 Å². The van der Waals surface area contributed by atoms with Crippen LogP contribution in [0.25, 0.3) is 11.3 Å². The molecule has 15 heavy (non-hydrogen) atoms. The van der Waals surface area contributed by atoms with E-state index in [-0.39, 0.29) is 0 Å². The molecule has 0 aliphatic heterocycles. The lowest BCUT2D eigenvalue weighted by atomic mass is 10.1. The number of imidazole rings is 1. The molecule has 0 saturated heterocycles. The average molecular weight is 283 g/mol. The molecule has 1 N–H and O–H groups in total. The number of halogens is 1. The topological polar surface area (TPSA) is 28.7 Å². The van der Waals surface area contributed by atoms with Gasteiger partial charge in [-0.3, -0.25) is 0 Å². The quantitative estimate of drug-likeness (QED) is 0.810. The molecule has 0 aliphatic carbocycles. The number of thiol groups is 1. The number of hydrogen-bond acceptors (Lipinski definition) is 2. The van der Waals surface area contributed by atoms with Crippen molar-refractivity contribution >= 4 is 28.6 Å². The number of aromatic amines is 1. The van der Waals surface area contributed by atoms with Crippen LogP contribution in [0.2, 0.25) is 0 Å². The second-order valence-corrected chi connectivity index (χ2v) is 4.55. The molecule has 2 aromatic rings.